The molecule has 0 spiro atoms. The van der Waals surface area contributed by atoms with Crippen LogP contribution in [0.1, 0.15) is 121 Å². The number of carbonyl (C=O) groups excluding carboxylic acids is 1. The van der Waals surface area contributed by atoms with Gasteiger partial charge in [0.2, 0.25) is 0 Å². The molecule has 0 saturated carbocycles. The van der Waals surface area contributed by atoms with Crippen molar-refractivity contribution in [2.24, 2.45) is 5.92 Å². The SMILES string of the molecule is CC(C)CCCCCCCCCCCCCCCOc1ccc(C(=O)NC(O)CNCCC(=O)O)cc1. The number of hydrogen-bond donors (Lipinski definition) is 4. The molecular weight excluding hydrogens is 468 g/mol. The van der Waals surface area contributed by atoms with Crippen molar-refractivity contribution in [2.75, 3.05) is 19.7 Å². The van der Waals surface area contributed by atoms with Crippen molar-refractivity contribution in [3.05, 3.63) is 29.8 Å². The molecule has 7 nitrogen and oxygen atoms in total. The molecule has 0 fully saturated rings. The standard InChI is InChI=1S/C30H52N2O5/c1-25(2)16-14-12-10-8-6-4-3-5-7-9-11-13-15-23-37-27-19-17-26(18-20-27)30(36)32-28(33)24-31-22-21-29(34)35/h17-20,25,28,31,33H,3-16,21-24H2,1-2H3,(H,32,36)(H,34,35). The molecule has 0 aliphatic rings. The van der Waals surface area contributed by atoms with Crippen LogP contribution in [0.5, 0.6) is 5.75 Å². The van der Waals surface area contributed by atoms with Gasteiger partial charge in [-0.25, -0.2) is 0 Å². The molecule has 0 heterocycles. The van der Waals surface area contributed by atoms with E-state index in [1.165, 1.54) is 83.5 Å². The number of carbonyl (C=O) groups is 2. The zero-order valence-electron chi connectivity index (χ0n) is 23.3. The van der Waals surface area contributed by atoms with E-state index in [9.17, 15) is 14.7 Å². The first kappa shape index (κ1) is 32.9. The second kappa shape index (κ2) is 21.9. The third kappa shape index (κ3) is 19.6. The predicted molar refractivity (Wildman–Crippen MR) is 150 cm³/mol. The fourth-order valence-corrected chi connectivity index (χ4v) is 4.21. The Bertz CT molecular complexity index is 708. The molecule has 1 amide bonds. The van der Waals surface area contributed by atoms with Gasteiger partial charge in [0.1, 0.15) is 12.0 Å². The smallest absolute Gasteiger partial charge is 0.304 e. The highest BCUT2D eigenvalue weighted by Crippen LogP contribution is 2.15. The molecule has 0 aliphatic carbocycles. The van der Waals surface area contributed by atoms with Gasteiger partial charge in [-0.05, 0) is 36.6 Å². The van der Waals surface area contributed by atoms with Crippen LogP contribution in [0, 0.1) is 5.92 Å². The Hall–Kier alpha value is -2.12. The van der Waals surface area contributed by atoms with Gasteiger partial charge in [0, 0.05) is 18.7 Å². The summed E-state index contributed by atoms with van der Waals surface area (Å²) in [6.45, 7) is 5.60. The van der Waals surface area contributed by atoms with E-state index in [0.29, 0.717) is 12.2 Å². The average molecular weight is 521 g/mol. The van der Waals surface area contributed by atoms with E-state index in [4.69, 9.17) is 9.84 Å². The minimum absolute atomic E-state index is 0.0405. The van der Waals surface area contributed by atoms with Crippen molar-refractivity contribution >= 4 is 11.9 Å². The highest BCUT2D eigenvalue weighted by Gasteiger charge is 2.11. The van der Waals surface area contributed by atoms with E-state index in [-0.39, 0.29) is 19.5 Å². The van der Waals surface area contributed by atoms with Gasteiger partial charge in [-0.15, -0.1) is 0 Å². The van der Waals surface area contributed by atoms with Gasteiger partial charge in [0.05, 0.1) is 13.0 Å². The lowest BCUT2D eigenvalue weighted by Crippen LogP contribution is -2.42. The monoisotopic (exact) mass is 520 g/mol. The van der Waals surface area contributed by atoms with Gasteiger partial charge in [-0.1, -0.05) is 97.3 Å². The highest BCUT2D eigenvalue weighted by molar-refractivity contribution is 5.94. The lowest BCUT2D eigenvalue weighted by Gasteiger charge is -2.14. The van der Waals surface area contributed by atoms with Gasteiger partial charge in [-0.2, -0.15) is 0 Å². The van der Waals surface area contributed by atoms with E-state index in [2.05, 4.69) is 24.5 Å². The maximum absolute atomic E-state index is 12.2. The molecule has 0 saturated heterocycles. The quantitative estimate of drug-likeness (QED) is 0.0942. The Labute approximate surface area is 224 Å². The lowest BCUT2D eigenvalue weighted by atomic mass is 10.0. The highest BCUT2D eigenvalue weighted by atomic mass is 16.5. The van der Waals surface area contributed by atoms with Crippen LogP contribution in [-0.2, 0) is 4.79 Å². The minimum atomic E-state index is -1.09. The molecule has 1 atom stereocenters. The maximum Gasteiger partial charge on any atom is 0.304 e. The lowest BCUT2D eigenvalue weighted by molar-refractivity contribution is -0.136. The number of aliphatic hydroxyl groups is 1. The summed E-state index contributed by atoms with van der Waals surface area (Å²) >= 11 is 0. The van der Waals surface area contributed by atoms with Crippen LogP contribution in [0.4, 0.5) is 0 Å². The first-order valence-corrected chi connectivity index (χ1v) is 14.5. The first-order chi connectivity index (χ1) is 17.9. The number of amides is 1. The molecule has 1 aromatic rings. The number of benzene rings is 1. The first-order valence-electron chi connectivity index (χ1n) is 14.5. The normalized spacial score (nSPS) is 12.0. The van der Waals surface area contributed by atoms with Crippen LogP contribution in [0.2, 0.25) is 0 Å². The third-order valence-corrected chi connectivity index (χ3v) is 6.46. The van der Waals surface area contributed by atoms with Gasteiger partial charge in [0.25, 0.3) is 5.91 Å². The van der Waals surface area contributed by atoms with Crippen LogP contribution >= 0.6 is 0 Å². The van der Waals surface area contributed by atoms with E-state index in [1.54, 1.807) is 24.3 Å². The second-order valence-corrected chi connectivity index (χ2v) is 10.5. The Morgan fingerprint density at radius 3 is 1.84 bits per heavy atom. The Morgan fingerprint density at radius 1 is 0.811 bits per heavy atom. The van der Waals surface area contributed by atoms with E-state index < -0.39 is 18.1 Å². The summed E-state index contributed by atoms with van der Waals surface area (Å²) in [5, 5.41) is 23.7. The molecule has 37 heavy (non-hydrogen) atoms. The molecule has 0 aliphatic heterocycles. The molecule has 1 rings (SSSR count). The van der Waals surface area contributed by atoms with Crippen molar-refractivity contribution in [3.8, 4) is 5.75 Å². The predicted octanol–water partition coefficient (Wildman–Crippen LogP) is 6.30. The second-order valence-electron chi connectivity index (χ2n) is 10.5. The number of unbranched alkanes of at least 4 members (excludes halogenated alkanes) is 12. The molecule has 1 aromatic carbocycles. The van der Waals surface area contributed by atoms with Crippen molar-refractivity contribution in [1.29, 1.82) is 0 Å². The number of aliphatic carboxylic acids is 1. The minimum Gasteiger partial charge on any atom is -0.494 e. The molecule has 0 radical (unpaired) electrons. The topological polar surface area (TPSA) is 108 Å². The summed E-state index contributed by atoms with van der Waals surface area (Å²) in [5.74, 6) is 0.273. The maximum atomic E-state index is 12.2. The molecule has 4 N–H and O–H groups in total. The number of carboxylic acid groups (broad SMARTS) is 1. The van der Waals surface area contributed by atoms with Crippen molar-refractivity contribution < 1.29 is 24.5 Å². The summed E-state index contributed by atoms with van der Waals surface area (Å²) < 4.78 is 5.79. The van der Waals surface area contributed by atoms with Crippen LogP contribution < -0.4 is 15.4 Å². The molecular formula is C30H52N2O5. The zero-order valence-corrected chi connectivity index (χ0v) is 23.3. The fraction of sp³-hybridized carbons (Fsp3) is 0.733. The Kier molecular flexibility index (Phi) is 19.5. The Morgan fingerprint density at radius 2 is 1.32 bits per heavy atom. The van der Waals surface area contributed by atoms with E-state index >= 15 is 0 Å². The molecule has 0 aromatic heterocycles. The molecule has 0 bridgehead atoms. The van der Waals surface area contributed by atoms with Gasteiger partial charge < -0.3 is 25.6 Å². The number of ether oxygens (including phenoxy) is 1. The van der Waals surface area contributed by atoms with E-state index in [1.807, 2.05) is 0 Å². The number of nitrogens with one attached hydrogen (secondary N) is 2. The number of aliphatic hydroxyl groups excluding tert-OH is 1. The fourth-order valence-electron chi connectivity index (χ4n) is 4.21. The summed E-state index contributed by atoms with van der Waals surface area (Å²) in [5.41, 5.74) is 0.429. The third-order valence-electron chi connectivity index (χ3n) is 6.46. The van der Waals surface area contributed by atoms with Gasteiger partial charge in [0.15, 0.2) is 0 Å². The van der Waals surface area contributed by atoms with Crippen molar-refractivity contribution in [1.82, 2.24) is 10.6 Å². The summed E-state index contributed by atoms with van der Waals surface area (Å²) in [6, 6.07) is 6.86. The summed E-state index contributed by atoms with van der Waals surface area (Å²) in [7, 11) is 0. The molecule has 7 heteroatoms. The largest absolute Gasteiger partial charge is 0.494 e. The number of carboxylic acids is 1. The van der Waals surface area contributed by atoms with E-state index in [0.717, 1.165) is 18.1 Å². The van der Waals surface area contributed by atoms with Crippen LogP contribution in [0.25, 0.3) is 0 Å². The summed E-state index contributed by atoms with van der Waals surface area (Å²) in [6.07, 6.45) is 17.5. The van der Waals surface area contributed by atoms with Gasteiger partial charge >= 0.3 is 5.97 Å². The number of rotatable bonds is 24. The molecule has 1 unspecified atom stereocenters. The van der Waals surface area contributed by atoms with Crippen molar-refractivity contribution in [2.45, 2.75) is 116 Å². The number of hydrogen-bond acceptors (Lipinski definition) is 5. The van der Waals surface area contributed by atoms with Gasteiger partial charge in [-0.3, -0.25) is 9.59 Å². The van der Waals surface area contributed by atoms with Crippen LogP contribution in [-0.4, -0.2) is 48.0 Å². The van der Waals surface area contributed by atoms with Crippen LogP contribution in [0.15, 0.2) is 24.3 Å². The Balaban J connectivity index is 1.97. The van der Waals surface area contributed by atoms with Crippen molar-refractivity contribution in [3.63, 3.8) is 0 Å². The zero-order chi connectivity index (χ0) is 27.1. The van der Waals surface area contributed by atoms with Crippen LogP contribution in [0.3, 0.4) is 0 Å². The molecule has 212 valence electrons. The average Bonchev–Trinajstić information content (AvgIpc) is 2.86. The summed E-state index contributed by atoms with van der Waals surface area (Å²) in [4.78, 5) is 22.7.